The van der Waals surface area contributed by atoms with E-state index in [1.807, 2.05) is 12.1 Å². The summed E-state index contributed by atoms with van der Waals surface area (Å²) in [6.45, 7) is 0. The lowest BCUT2D eigenvalue weighted by molar-refractivity contribution is -0.148. The average molecular weight is 296 g/mol. The van der Waals surface area contributed by atoms with Crippen LogP contribution >= 0.6 is 0 Å². The number of carbonyl (C=O) groups excluding carboxylic acids is 1. The lowest BCUT2D eigenvalue weighted by Crippen LogP contribution is -2.26. The second kappa shape index (κ2) is 6.02. The predicted octanol–water partition coefficient (Wildman–Crippen LogP) is 2.95. The minimum absolute atomic E-state index is 0.410. The largest absolute Gasteiger partial charge is 0.480 e. The highest BCUT2D eigenvalue weighted by Crippen LogP contribution is 2.27. The number of hydrogen-bond donors (Lipinski definition) is 1. The van der Waals surface area contributed by atoms with Crippen molar-refractivity contribution in [2.45, 2.75) is 25.2 Å². The first-order chi connectivity index (χ1) is 10.6. The zero-order valence-electron chi connectivity index (χ0n) is 12.0. The van der Waals surface area contributed by atoms with Crippen molar-refractivity contribution in [1.82, 2.24) is 0 Å². The van der Waals surface area contributed by atoms with Gasteiger partial charge in [-0.2, -0.15) is 0 Å². The minimum Gasteiger partial charge on any atom is -0.480 e. The number of ether oxygens (including phenoxy) is 1. The van der Waals surface area contributed by atoms with Crippen LogP contribution in [0.2, 0.25) is 0 Å². The summed E-state index contributed by atoms with van der Waals surface area (Å²) in [6.07, 6.45) is 3.13. The SMILES string of the molecule is O=C(O)C(C(=O)Oc1ccc2c(c1)CCC2)c1ccccc1. The molecule has 0 aromatic heterocycles. The number of esters is 1. The first-order valence-corrected chi connectivity index (χ1v) is 7.26. The Kier molecular flexibility index (Phi) is 3.92. The summed E-state index contributed by atoms with van der Waals surface area (Å²) in [7, 11) is 0. The molecule has 1 unspecified atom stereocenters. The van der Waals surface area contributed by atoms with E-state index in [1.54, 1.807) is 36.4 Å². The Hall–Kier alpha value is -2.62. The second-order valence-electron chi connectivity index (χ2n) is 5.39. The van der Waals surface area contributed by atoms with Crippen LogP contribution in [0.1, 0.15) is 29.0 Å². The summed E-state index contributed by atoms with van der Waals surface area (Å²) < 4.78 is 5.30. The van der Waals surface area contributed by atoms with Crippen LogP contribution in [0.3, 0.4) is 0 Å². The molecule has 0 saturated heterocycles. The zero-order valence-corrected chi connectivity index (χ0v) is 12.0. The van der Waals surface area contributed by atoms with Crippen LogP contribution in [0.25, 0.3) is 0 Å². The standard InChI is InChI=1S/C18H16O4/c19-17(20)16(13-5-2-1-3-6-13)18(21)22-15-10-9-12-7-4-8-14(12)11-15/h1-3,5-6,9-11,16H,4,7-8H2,(H,19,20). The van der Waals surface area contributed by atoms with E-state index in [0.717, 1.165) is 19.3 Å². The number of carbonyl (C=O) groups is 2. The first-order valence-electron chi connectivity index (χ1n) is 7.26. The summed E-state index contributed by atoms with van der Waals surface area (Å²) in [5.74, 6) is -2.88. The smallest absolute Gasteiger partial charge is 0.330 e. The van der Waals surface area contributed by atoms with Gasteiger partial charge in [0, 0.05) is 0 Å². The van der Waals surface area contributed by atoms with Crippen LogP contribution in [0.5, 0.6) is 5.75 Å². The van der Waals surface area contributed by atoms with E-state index >= 15 is 0 Å². The Morgan fingerprint density at radius 1 is 1.00 bits per heavy atom. The fraction of sp³-hybridized carbons (Fsp3) is 0.222. The van der Waals surface area contributed by atoms with Gasteiger partial charge in [-0.25, -0.2) is 0 Å². The Morgan fingerprint density at radius 3 is 2.45 bits per heavy atom. The van der Waals surface area contributed by atoms with Crippen LogP contribution in [0.15, 0.2) is 48.5 Å². The molecule has 2 aromatic carbocycles. The summed E-state index contributed by atoms with van der Waals surface area (Å²) in [5.41, 5.74) is 2.87. The fourth-order valence-electron chi connectivity index (χ4n) is 2.81. The first kappa shape index (κ1) is 14.3. The van der Waals surface area contributed by atoms with E-state index in [-0.39, 0.29) is 0 Å². The number of carboxylic acid groups (broad SMARTS) is 1. The minimum atomic E-state index is -1.31. The van der Waals surface area contributed by atoms with Gasteiger partial charge in [0.25, 0.3) is 0 Å². The van der Waals surface area contributed by atoms with E-state index in [9.17, 15) is 14.7 Å². The summed E-state index contributed by atoms with van der Waals surface area (Å²) in [4.78, 5) is 23.7. The molecule has 22 heavy (non-hydrogen) atoms. The molecule has 1 N–H and O–H groups in total. The maximum Gasteiger partial charge on any atom is 0.330 e. The van der Waals surface area contributed by atoms with Crippen molar-refractivity contribution in [2.75, 3.05) is 0 Å². The maximum absolute atomic E-state index is 12.3. The molecular formula is C18H16O4. The van der Waals surface area contributed by atoms with E-state index in [2.05, 4.69) is 0 Å². The second-order valence-corrected chi connectivity index (χ2v) is 5.39. The topological polar surface area (TPSA) is 63.6 Å². The molecule has 0 amide bonds. The zero-order chi connectivity index (χ0) is 15.5. The molecule has 0 spiro atoms. The van der Waals surface area contributed by atoms with Gasteiger partial charge in [0.05, 0.1) is 0 Å². The molecule has 0 heterocycles. The van der Waals surface area contributed by atoms with Gasteiger partial charge in [0.15, 0.2) is 5.92 Å². The number of carboxylic acids is 1. The third kappa shape index (κ3) is 2.86. The lowest BCUT2D eigenvalue weighted by atomic mass is 9.99. The number of fused-ring (bicyclic) bond motifs is 1. The highest BCUT2D eigenvalue weighted by atomic mass is 16.5. The van der Waals surface area contributed by atoms with Gasteiger partial charge in [0.2, 0.25) is 0 Å². The molecule has 0 radical (unpaired) electrons. The highest BCUT2D eigenvalue weighted by molar-refractivity contribution is 6.00. The molecule has 4 heteroatoms. The predicted molar refractivity (Wildman–Crippen MR) is 80.9 cm³/mol. The van der Waals surface area contributed by atoms with Crippen molar-refractivity contribution in [3.63, 3.8) is 0 Å². The van der Waals surface area contributed by atoms with E-state index in [0.29, 0.717) is 11.3 Å². The van der Waals surface area contributed by atoms with Crippen LogP contribution in [-0.2, 0) is 22.4 Å². The molecule has 4 nitrogen and oxygen atoms in total. The van der Waals surface area contributed by atoms with Gasteiger partial charge in [-0.05, 0) is 48.1 Å². The van der Waals surface area contributed by atoms with Crippen molar-refractivity contribution < 1.29 is 19.4 Å². The van der Waals surface area contributed by atoms with Crippen LogP contribution in [-0.4, -0.2) is 17.0 Å². The number of aliphatic carboxylic acids is 1. The third-order valence-corrected chi connectivity index (χ3v) is 3.90. The van der Waals surface area contributed by atoms with Gasteiger partial charge >= 0.3 is 11.9 Å². The van der Waals surface area contributed by atoms with E-state index in [1.165, 1.54) is 11.1 Å². The maximum atomic E-state index is 12.3. The lowest BCUT2D eigenvalue weighted by Gasteiger charge is -2.13. The fourth-order valence-corrected chi connectivity index (χ4v) is 2.81. The molecular weight excluding hydrogens is 280 g/mol. The van der Waals surface area contributed by atoms with E-state index < -0.39 is 17.9 Å². The molecule has 2 aromatic rings. The van der Waals surface area contributed by atoms with Gasteiger partial charge in [0.1, 0.15) is 5.75 Å². The van der Waals surface area contributed by atoms with Gasteiger partial charge in [-0.3, -0.25) is 9.59 Å². The third-order valence-electron chi connectivity index (χ3n) is 3.90. The quantitative estimate of drug-likeness (QED) is 0.535. The number of aryl methyl sites for hydroxylation is 2. The molecule has 0 aliphatic heterocycles. The van der Waals surface area contributed by atoms with Crippen LogP contribution < -0.4 is 4.74 Å². The van der Waals surface area contributed by atoms with Crippen LogP contribution in [0, 0.1) is 0 Å². The summed E-state index contributed by atoms with van der Waals surface area (Å²) in [5, 5.41) is 9.33. The van der Waals surface area contributed by atoms with Crippen molar-refractivity contribution in [3.8, 4) is 5.75 Å². The summed E-state index contributed by atoms with van der Waals surface area (Å²) >= 11 is 0. The molecule has 1 atom stereocenters. The molecule has 0 saturated carbocycles. The van der Waals surface area contributed by atoms with E-state index in [4.69, 9.17) is 4.74 Å². The Morgan fingerprint density at radius 2 is 1.73 bits per heavy atom. The molecule has 1 aliphatic carbocycles. The van der Waals surface area contributed by atoms with Gasteiger partial charge < -0.3 is 9.84 Å². The molecule has 112 valence electrons. The Labute approximate surface area is 128 Å². The average Bonchev–Trinajstić information content (AvgIpc) is 2.95. The van der Waals surface area contributed by atoms with Gasteiger partial charge in [-0.1, -0.05) is 36.4 Å². The molecule has 0 bridgehead atoms. The van der Waals surface area contributed by atoms with Crippen molar-refractivity contribution in [2.24, 2.45) is 0 Å². The number of rotatable bonds is 4. The van der Waals surface area contributed by atoms with Gasteiger partial charge in [-0.15, -0.1) is 0 Å². The highest BCUT2D eigenvalue weighted by Gasteiger charge is 2.30. The molecule has 0 fully saturated rings. The Balaban J connectivity index is 1.81. The van der Waals surface area contributed by atoms with Crippen molar-refractivity contribution >= 4 is 11.9 Å². The number of hydrogen-bond acceptors (Lipinski definition) is 3. The van der Waals surface area contributed by atoms with Crippen molar-refractivity contribution in [3.05, 3.63) is 65.2 Å². The normalized spacial score (nSPS) is 14.2. The molecule has 3 rings (SSSR count). The number of benzene rings is 2. The van der Waals surface area contributed by atoms with Crippen LogP contribution in [0.4, 0.5) is 0 Å². The van der Waals surface area contributed by atoms with Crippen molar-refractivity contribution in [1.29, 1.82) is 0 Å². The molecule has 1 aliphatic rings. The summed E-state index contributed by atoms with van der Waals surface area (Å²) in [6, 6.07) is 13.9. The monoisotopic (exact) mass is 296 g/mol. The Bertz CT molecular complexity index is 706.